The molecule has 2 fully saturated rings. The van der Waals surface area contributed by atoms with Crippen LogP contribution in [-0.2, 0) is 9.59 Å². The van der Waals surface area contributed by atoms with Gasteiger partial charge >= 0.3 is 0 Å². The average Bonchev–Trinajstić information content (AvgIpc) is 2.75. The van der Waals surface area contributed by atoms with Gasteiger partial charge in [-0.2, -0.15) is 0 Å². The molecule has 2 aliphatic rings. The standard InChI is InChI=1S/C23H34N2O4/c1-4-13-24-21(26)16-25(18-9-7-6-8-10-18)23(27)22(24)17-11-12-19(29-14-5-2)20(15-17)28-3/h11-12,15,18,22H,4-10,13-14,16H2,1-3H3/t22-/m1/s1. The van der Waals surface area contributed by atoms with Crippen molar-refractivity contribution in [3.63, 3.8) is 0 Å². The van der Waals surface area contributed by atoms with Gasteiger partial charge in [-0.15, -0.1) is 0 Å². The van der Waals surface area contributed by atoms with Gasteiger partial charge in [-0.3, -0.25) is 9.59 Å². The summed E-state index contributed by atoms with van der Waals surface area (Å²) in [6.45, 7) is 5.47. The topological polar surface area (TPSA) is 59.1 Å². The molecule has 0 spiro atoms. The van der Waals surface area contributed by atoms with Crippen molar-refractivity contribution < 1.29 is 19.1 Å². The van der Waals surface area contributed by atoms with Crippen LogP contribution in [0.3, 0.4) is 0 Å². The first kappa shape index (κ1) is 21.5. The lowest BCUT2D eigenvalue weighted by atomic mass is 9.91. The molecule has 160 valence electrons. The van der Waals surface area contributed by atoms with E-state index in [9.17, 15) is 9.59 Å². The largest absolute Gasteiger partial charge is 0.493 e. The second kappa shape index (κ2) is 9.99. The Bertz CT molecular complexity index is 715. The van der Waals surface area contributed by atoms with E-state index in [2.05, 4.69) is 6.92 Å². The molecular formula is C23H34N2O4. The predicted octanol–water partition coefficient (Wildman–Crippen LogP) is 3.94. The Labute approximate surface area is 174 Å². The van der Waals surface area contributed by atoms with E-state index in [-0.39, 0.29) is 24.4 Å². The van der Waals surface area contributed by atoms with Gasteiger partial charge in [-0.1, -0.05) is 39.2 Å². The Morgan fingerprint density at radius 1 is 1.03 bits per heavy atom. The minimum Gasteiger partial charge on any atom is -0.493 e. The fourth-order valence-electron chi connectivity index (χ4n) is 4.45. The van der Waals surface area contributed by atoms with Crippen molar-refractivity contribution in [1.82, 2.24) is 9.80 Å². The second-order valence-corrected chi connectivity index (χ2v) is 8.01. The number of rotatable bonds is 8. The SMILES string of the molecule is CCCOc1ccc([C@@H]2C(=O)N(C3CCCCC3)CC(=O)N2CCC)cc1OC. The van der Waals surface area contributed by atoms with Crippen LogP contribution in [0.25, 0.3) is 0 Å². The smallest absolute Gasteiger partial charge is 0.250 e. The van der Waals surface area contributed by atoms with Crippen LogP contribution in [0.4, 0.5) is 0 Å². The van der Waals surface area contributed by atoms with E-state index >= 15 is 0 Å². The first-order valence-electron chi connectivity index (χ1n) is 11.0. The highest BCUT2D eigenvalue weighted by Crippen LogP contribution is 2.36. The van der Waals surface area contributed by atoms with Crippen LogP contribution >= 0.6 is 0 Å². The summed E-state index contributed by atoms with van der Waals surface area (Å²) >= 11 is 0. The highest BCUT2D eigenvalue weighted by Gasteiger charge is 2.42. The number of hydrogen-bond donors (Lipinski definition) is 0. The molecule has 0 aromatic heterocycles. The zero-order valence-corrected chi connectivity index (χ0v) is 18.0. The summed E-state index contributed by atoms with van der Waals surface area (Å²) in [7, 11) is 1.60. The molecule has 0 bridgehead atoms. The normalized spacial score (nSPS) is 20.9. The molecule has 1 aromatic rings. The molecule has 3 rings (SSSR count). The molecule has 0 radical (unpaired) electrons. The molecule has 0 N–H and O–H groups in total. The van der Waals surface area contributed by atoms with E-state index in [4.69, 9.17) is 9.47 Å². The first-order valence-corrected chi connectivity index (χ1v) is 11.0. The quantitative estimate of drug-likeness (QED) is 0.661. The summed E-state index contributed by atoms with van der Waals surface area (Å²) in [5, 5.41) is 0. The minimum atomic E-state index is -0.591. The zero-order valence-electron chi connectivity index (χ0n) is 18.0. The number of carbonyl (C=O) groups is 2. The fraction of sp³-hybridized carbons (Fsp3) is 0.652. The number of carbonyl (C=O) groups excluding carboxylic acids is 2. The van der Waals surface area contributed by atoms with Crippen LogP contribution in [-0.4, -0.2) is 54.5 Å². The highest BCUT2D eigenvalue weighted by molar-refractivity contribution is 5.96. The lowest BCUT2D eigenvalue weighted by molar-refractivity contribution is -0.159. The molecule has 1 saturated carbocycles. The monoisotopic (exact) mass is 402 g/mol. The van der Waals surface area contributed by atoms with Crippen LogP contribution in [0.1, 0.15) is 70.4 Å². The van der Waals surface area contributed by atoms with Gasteiger partial charge in [0.1, 0.15) is 12.6 Å². The van der Waals surface area contributed by atoms with E-state index in [1.165, 1.54) is 6.42 Å². The van der Waals surface area contributed by atoms with Gasteiger partial charge in [0, 0.05) is 12.6 Å². The molecule has 1 saturated heterocycles. The second-order valence-electron chi connectivity index (χ2n) is 8.01. The number of methoxy groups -OCH3 is 1. The highest BCUT2D eigenvalue weighted by atomic mass is 16.5. The van der Waals surface area contributed by atoms with Crippen molar-refractivity contribution in [2.45, 2.75) is 70.9 Å². The van der Waals surface area contributed by atoms with Crippen molar-refractivity contribution in [3.05, 3.63) is 23.8 Å². The third-order valence-corrected chi connectivity index (χ3v) is 5.90. The van der Waals surface area contributed by atoms with E-state index < -0.39 is 6.04 Å². The summed E-state index contributed by atoms with van der Waals surface area (Å²) in [5.74, 6) is 1.34. The van der Waals surface area contributed by atoms with E-state index in [0.29, 0.717) is 24.7 Å². The summed E-state index contributed by atoms with van der Waals surface area (Å²) in [6, 6.07) is 5.20. The molecule has 0 unspecified atom stereocenters. The summed E-state index contributed by atoms with van der Waals surface area (Å²) < 4.78 is 11.3. The first-order chi connectivity index (χ1) is 14.1. The maximum Gasteiger partial charge on any atom is 0.250 e. The molecule has 1 aliphatic carbocycles. The van der Waals surface area contributed by atoms with Gasteiger partial charge in [0.25, 0.3) is 5.91 Å². The van der Waals surface area contributed by atoms with Gasteiger partial charge in [0.05, 0.1) is 13.7 Å². The van der Waals surface area contributed by atoms with Gasteiger partial charge in [0.2, 0.25) is 5.91 Å². The Hall–Kier alpha value is -2.24. The third kappa shape index (κ3) is 4.68. The molecule has 1 aromatic carbocycles. The summed E-state index contributed by atoms with van der Waals surface area (Å²) in [5.41, 5.74) is 0.790. The maximum atomic E-state index is 13.6. The minimum absolute atomic E-state index is 0.0345. The molecule has 2 amide bonds. The number of piperazine rings is 1. The van der Waals surface area contributed by atoms with Crippen LogP contribution in [0.5, 0.6) is 11.5 Å². The summed E-state index contributed by atoms with van der Waals surface area (Å²) in [4.78, 5) is 30.2. The van der Waals surface area contributed by atoms with Gasteiger partial charge in [-0.05, 0) is 43.4 Å². The van der Waals surface area contributed by atoms with Crippen molar-refractivity contribution in [2.24, 2.45) is 0 Å². The van der Waals surface area contributed by atoms with Gasteiger partial charge in [0.15, 0.2) is 11.5 Å². The fourth-order valence-corrected chi connectivity index (χ4v) is 4.45. The Kier molecular flexibility index (Phi) is 7.40. The van der Waals surface area contributed by atoms with Gasteiger partial charge < -0.3 is 19.3 Å². The molecule has 1 heterocycles. The lowest BCUT2D eigenvalue weighted by Gasteiger charge is -2.44. The van der Waals surface area contributed by atoms with E-state index in [1.807, 2.05) is 30.0 Å². The molecule has 6 nitrogen and oxygen atoms in total. The Balaban J connectivity index is 1.93. The number of benzene rings is 1. The van der Waals surface area contributed by atoms with Crippen molar-refractivity contribution in [1.29, 1.82) is 0 Å². The van der Waals surface area contributed by atoms with Gasteiger partial charge in [-0.25, -0.2) is 0 Å². The Morgan fingerprint density at radius 3 is 2.45 bits per heavy atom. The lowest BCUT2D eigenvalue weighted by Crippen LogP contribution is -2.58. The van der Waals surface area contributed by atoms with Crippen molar-refractivity contribution in [3.8, 4) is 11.5 Å². The van der Waals surface area contributed by atoms with Crippen LogP contribution in [0.2, 0.25) is 0 Å². The van der Waals surface area contributed by atoms with Crippen LogP contribution in [0, 0.1) is 0 Å². The number of nitrogens with zero attached hydrogens (tertiary/aromatic N) is 2. The number of hydrogen-bond acceptors (Lipinski definition) is 4. The summed E-state index contributed by atoms with van der Waals surface area (Å²) in [6.07, 6.45) is 7.18. The number of amides is 2. The molecule has 1 atom stereocenters. The predicted molar refractivity (Wildman–Crippen MR) is 112 cm³/mol. The molecular weight excluding hydrogens is 368 g/mol. The maximum absolute atomic E-state index is 13.6. The van der Waals surface area contributed by atoms with E-state index in [0.717, 1.165) is 44.1 Å². The van der Waals surface area contributed by atoms with Crippen molar-refractivity contribution in [2.75, 3.05) is 26.8 Å². The number of ether oxygens (including phenoxy) is 2. The molecule has 6 heteroatoms. The van der Waals surface area contributed by atoms with Crippen LogP contribution < -0.4 is 9.47 Å². The Morgan fingerprint density at radius 2 is 1.79 bits per heavy atom. The van der Waals surface area contributed by atoms with Crippen molar-refractivity contribution >= 4 is 11.8 Å². The average molecular weight is 403 g/mol. The molecule has 29 heavy (non-hydrogen) atoms. The molecule has 1 aliphatic heterocycles. The van der Waals surface area contributed by atoms with Crippen LogP contribution in [0.15, 0.2) is 18.2 Å². The van der Waals surface area contributed by atoms with E-state index in [1.54, 1.807) is 12.0 Å². The zero-order chi connectivity index (χ0) is 20.8. The third-order valence-electron chi connectivity index (χ3n) is 5.90.